The SMILES string of the molecule is CC(C)Cc1ccc(C(C)C(=O)ONC(=O)OCC(Cl)(Cl)Cl)cc1. The lowest BCUT2D eigenvalue weighted by atomic mass is 9.97. The Morgan fingerprint density at radius 1 is 1.12 bits per heavy atom. The van der Waals surface area contributed by atoms with Crippen molar-refractivity contribution in [1.82, 2.24) is 5.48 Å². The van der Waals surface area contributed by atoms with Crippen LogP contribution in [0.25, 0.3) is 0 Å². The molecule has 24 heavy (non-hydrogen) atoms. The van der Waals surface area contributed by atoms with Gasteiger partial charge in [-0.3, -0.25) is 0 Å². The Bertz CT molecular complexity index is 555. The summed E-state index contributed by atoms with van der Waals surface area (Å²) in [4.78, 5) is 27.9. The highest BCUT2D eigenvalue weighted by atomic mass is 35.6. The Kier molecular flexibility index (Phi) is 8.13. The van der Waals surface area contributed by atoms with Gasteiger partial charge >= 0.3 is 12.1 Å². The molecular weight excluding hydrogens is 377 g/mol. The van der Waals surface area contributed by atoms with Crippen molar-refractivity contribution in [2.75, 3.05) is 6.61 Å². The van der Waals surface area contributed by atoms with Gasteiger partial charge in [0.1, 0.15) is 6.61 Å². The maximum atomic E-state index is 11.9. The molecule has 1 aromatic rings. The highest BCUT2D eigenvalue weighted by molar-refractivity contribution is 6.67. The van der Waals surface area contributed by atoms with E-state index in [0.717, 1.165) is 12.0 Å². The van der Waals surface area contributed by atoms with E-state index >= 15 is 0 Å². The molecule has 0 saturated heterocycles. The average molecular weight is 397 g/mol. The van der Waals surface area contributed by atoms with Gasteiger partial charge in [-0.15, -0.1) is 5.48 Å². The lowest BCUT2D eigenvalue weighted by Gasteiger charge is -2.14. The molecule has 0 saturated carbocycles. The van der Waals surface area contributed by atoms with Gasteiger partial charge in [0, 0.05) is 0 Å². The number of amides is 1. The Balaban J connectivity index is 2.48. The number of hydroxylamine groups is 1. The molecule has 1 rings (SSSR count). The first-order valence-electron chi connectivity index (χ1n) is 7.37. The first-order chi connectivity index (χ1) is 11.1. The largest absolute Gasteiger partial charge is 0.443 e. The molecule has 0 aliphatic carbocycles. The zero-order chi connectivity index (χ0) is 18.3. The molecule has 5 nitrogen and oxygen atoms in total. The molecule has 1 atom stereocenters. The minimum atomic E-state index is -1.73. The van der Waals surface area contributed by atoms with Crippen molar-refractivity contribution in [3.05, 3.63) is 35.4 Å². The number of alkyl halides is 3. The summed E-state index contributed by atoms with van der Waals surface area (Å²) < 4.78 is 2.84. The van der Waals surface area contributed by atoms with E-state index in [9.17, 15) is 9.59 Å². The Morgan fingerprint density at radius 3 is 2.21 bits per heavy atom. The van der Waals surface area contributed by atoms with E-state index in [1.165, 1.54) is 5.56 Å². The van der Waals surface area contributed by atoms with Gasteiger partial charge in [0.05, 0.1) is 5.92 Å². The number of carbonyl (C=O) groups is 2. The second kappa shape index (κ2) is 9.35. The Hall–Kier alpha value is -1.17. The van der Waals surface area contributed by atoms with Crippen LogP contribution in [0.1, 0.15) is 37.8 Å². The van der Waals surface area contributed by atoms with Gasteiger partial charge in [-0.25, -0.2) is 9.59 Å². The zero-order valence-corrected chi connectivity index (χ0v) is 15.9. The van der Waals surface area contributed by atoms with Gasteiger partial charge < -0.3 is 9.57 Å². The summed E-state index contributed by atoms with van der Waals surface area (Å²) in [5.41, 5.74) is 3.83. The molecule has 0 aliphatic heterocycles. The second-order valence-corrected chi connectivity index (χ2v) is 8.29. The number of hydrogen-bond acceptors (Lipinski definition) is 4. The van der Waals surface area contributed by atoms with Crippen LogP contribution >= 0.6 is 34.8 Å². The second-order valence-electron chi connectivity index (χ2n) is 5.78. The molecule has 0 radical (unpaired) electrons. The summed E-state index contributed by atoms with van der Waals surface area (Å²) in [7, 11) is 0. The lowest BCUT2D eigenvalue weighted by Crippen LogP contribution is -2.31. The van der Waals surface area contributed by atoms with E-state index in [1.54, 1.807) is 6.92 Å². The van der Waals surface area contributed by atoms with Crippen LogP contribution in [-0.4, -0.2) is 22.5 Å². The number of ether oxygens (including phenoxy) is 1. The van der Waals surface area contributed by atoms with Gasteiger partial charge in [-0.1, -0.05) is 72.9 Å². The van der Waals surface area contributed by atoms with Crippen LogP contribution in [0.4, 0.5) is 4.79 Å². The predicted molar refractivity (Wildman–Crippen MR) is 94.3 cm³/mol. The maximum absolute atomic E-state index is 11.9. The third-order valence-electron chi connectivity index (χ3n) is 3.08. The number of carbonyl (C=O) groups excluding carboxylic acids is 2. The van der Waals surface area contributed by atoms with Gasteiger partial charge in [0.15, 0.2) is 0 Å². The van der Waals surface area contributed by atoms with Gasteiger partial charge in [0.25, 0.3) is 0 Å². The van der Waals surface area contributed by atoms with E-state index in [1.807, 2.05) is 29.7 Å². The minimum Gasteiger partial charge on any atom is -0.443 e. The standard InChI is InChI=1S/C16H20Cl3NO4/c1-10(2)8-12-4-6-13(7-5-12)11(3)14(21)24-20-15(22)23-9-16(17,18)19/h4-7,10-11H,8-9H2,1-3H3,(H,20,22). The van der Waals surface area contributed by atoms with E-state index < -0.39 is 28.4 Å². The number of hydrogen-bond donors (Lipinski definition) is 1. The van der Waals surface area contributed by atoms with Crippen molar-refractivity contribution < 1.29 is 19.2 Å². The molecule has 1 amide bonds. The molecule has 0 heterocycles. The fourth-order valence-electron chi connectivity index (χ4n) is 1.91. The number of nitrogens with one attached hydrogen (secondary N) is 1. The molecule has 0 aliphatic rings. The van der Waals surface area contributed by atoms with Crippen LogP contribution in [0.3, 0.4) is 0 Å². The van der Waals surface area contributed by atoms with Crippen molar-refractivity contribution in [3.8, 4) is 0 Å². The first-order valence-corrected chi connectivity index (χ1v) is 8.51. The topological polar surface area (TPSA) is 64.6 Å². The van der Waals surface area contributed by atoms with Crippen molar-refractivity contribution >= 4 is 46.9 Å². The molecule has 8 heteroatoms. The van der Waals surface area contributed by atoms with Crippen LogP contribution in [0, 0.1) is 5.92 Å². The van der Waals surface area contributed by atoms with E-state index in [0.29, 0.717) is 5.92 Å². The number of halogens is 3. The minimum absolute atomic E-state index is 0.464. The van der Waals surface area contributed by atoms with Crippen molar-refractivity contribution in [2.24, 2.45) is 5.92 Å². The molecule has 1 unspecified atom stereocenters. The molecule has 1 aromatic carbocycles. The third kappa shape index (κ3) is 8.08. The Morgan fingerprint density at radius 2 is 1.71 bits per heavy atom. The fraction of sp³-hybridized carbons (Fsp3) is 0.500. The highest BCUT2D eigenvalue weighted by Crippen LogP contribution is 2.25. The fourth-order valence-corrected chi connectivity index (χ4v) is 2.07. The van der Waals surface area contributed by atoms with E-state index in [4.69, 9.17) is 34.8 Å². The van der Waals surface area contributed by atoms with Crippen LogP contribution < -0.4 is 5.48 Å². The summed E-state index contributed by atoms with van der Waals surface area (Å²) in [5, 5.41) is 0. The number of benzene rings is 1. The molecule has 0 spiro atoms. The lowest BCUT2D eigenvalue weighted by molar-refractivity contribution is -0.151. The summed E-state index contributed by atoms with van der Waals surface area (Å²) in [6, 6.07) is 7.68. The van der Waals surface area contributed by atoms with Crippen LogP contribution in [-0.2, 0) is 20.8 Å². The Labute approximate surface area is 156 Å². The maximum Gasteiger partial charge on any atom is 0.440 e. The van der Waals surface area contributed by atoms with Crippen LogP contribution in [0.2, 0.25) is 0 Å². The van der Waals surface area contributed by atoms with E-state index in [2.05, 4.69) is 23.4 Å². The summed E-state index contributed by atoms with van der Waals surface area (Å²) in [5.74, 6) is -0.620. The molecular formula is C16H20Cl3NO4. The van der Waals surface area contributed by atoms with Crippen molar-refractivity contribution in [2.45, 2.75) is 36.9 Å². The summed E-state index contributed by atoms with van der Waals surface area (Å²) >= 11 is 16.3. The van der Waals surface area contributed by atoms with Crippen molar-refractivity contribution in [3.63, 3.8) is 0 Å². The monoisotopic (exact) mass is 395 g/mol. The average Bonchev–Trinajstić information content (AvgIpc) is 2.49. The molecule has 1 N–H and O–H groups in total. The number of rotatable bonds is 5. The molecule has 0 aromatic heterocycles. The summed E-state index contributed by atoms with van der Waals surface area (Å²) in [6.45, 7) is 5.49. The van der Waals surface area contributed by atoms with E-state index in [-0.39, 0.29) is 0 Å². The smallest absolute Gasteiger partial charge is 0.440 e. The predicted octanol–water partition coefficient (Wildman–Crippen LogP) is 4.54. The van der Waals surface area contributed by atoms with Gasteiger partial charge in [-0.05, 0) is 30.4 Å². The molecule has 0 bridgehead atoms. The highest BCUT2D eigenvalue weighted by Gasteiger charge is 2.23. The molecule has 134 valence electrons. The first kappa shape index (κ1) is 20.9. The summed E-state index contributed by atoms with van der Waals surface area (Å²) in [6.07, 6.45) is -0.0513. The van der Waals surface area contributed by atoms with Crippen molar-refractivity contribution in [1.29, 1.82) is 0 Å². The van der Waals surface area contributed by atoms with Gasteiger partial charge in [-0.2, -0.15) is 0 Å². The normalized spacial score (nSPS) is 12.6. The van der Waals surface area contributed by atoms with Crippen LogP contribution in [0.15, 0.2) is 24.3 Å². The third-order valence-corrected chi connectivity index (χ3v) is 3.41. The van der Waals surface area contributed by atoms with Gasteiger partial charge in [0.2, 0.25) is 3.79 Å². The van der Waals surface area contributed by atoms with Crippen LogP contribution in [0.5, 0.6) is 0 Å². The zero-order valence-electron chi connectivity index (χ0n) is 13.6. The quantitative estimate of drug-likeness (QED) is 0.586. The molecule has 0 fully saturated rings.